The standard InChI is InChI=1S/C25H26FNO5S/c1-18(2)16-27(25(28)20-6-12-22(31-3)13-7-20)17-19-4-10-23(11-5-19)32-33(29,30)24-14-8-21(26)9-15-24/h4-15,18H,16-17H2,1-3H3. The van der Waals surface area contributed by atoms with Crippen LogP contribution >= 0.6 is 0 Å². The number of hydrogen-bond acceptors (Lipinski definition) is 5. The molecule has 3 aromatic rings. The maximum atomic E-state index is 13.1. The second kappa shape index (κ2) is 10.5. The fraction of sp³-hybridized carbons (Fsp3) is 0.240. The quantitative estimate of drug-likeness (QED) is 0.415. The van der Waals surface area contributed by atoms with Crippen molar-refractivity contribution in [2.75, 3.05) is 13.7 Å². The van der Waals surface area contributed by atoms with Crippen LogP contribution in [0.4, 0.5) is 4.39 Å². The molecule has 33 heavy (non-hydrogen) atoms. The minimum Gasteiger partial charge on any atom is -0.497 e. The number of carbonyl (C=O) groups is 1. The Kier molecular flexibility index (Phi) is 7.71. The van der Waals surface area contributed by atoms with Gasteiger partial charge in [0.2, 0.25) is 0 Å². The fourth-order valence-corrected chi connectivity index (χ4v) is 4.15. The van der Waals surface area contributed by atoms with Crippen molar-refractivity contribution >= 4 is 16.0 Å². The molecule has 0 radical (unpaired) electrons. The molecule has 0 atom stereocenters. The van der Waals surface area contributed by atoms with Crippen molar-refractivity contribution in [3.05, 3.63) is 89.7 Å². The van der Waals surface area contributed by atoms with Gasteiger partial charge in [0.1, 0.15) is 22.2 Å². The van der Waals surface area contributed by atoms with Crippen molar-refractivity contribution in [2.24, 2.45) is 5.92 Å². The van der Waals surface area contributed by atoms with E-state index >= 15 is 0 Å². The second-order valence-corrected chi connectivity index (χ2v) is 9.49. The molecule has 0 aliphatic heterocycles. The maximum Gasteiger partial charge on any atom is 0.339 e. The van der Waals surface area contributed by atoms with Crippen LogP contribution in [0.1, 0.15) is 29.8 Å². The van der Waals surface area contributed by atoms with Gasteiger partial charge >= 0.3 is 10.1 Å². The molecule has 0 spiro atoms. The van der Waals surface area contributed by atoms with E-state index in [1.165, 1.54) is 12.1 Å². The van der Waals surface area contributed by atoms with E-state index in [9.17, 15) is 17.6 Å². The lowest BCUT2D eigenvalue weighted by atomic mass is 10.1. The summed E-state index contributed by atoms with van der Waals surface area (Å²) in [6, 6.07) is 17.8. The minimum absolute atomic E-state index is 0.106. The van der Waals surface area contributed by atoms with E-state index in [1.54, 1.807) is 48.4 Å². The summed E-state index contributed by atoms with van der Waals surface area (Å²) in [6.07, 6.45) is 0. The SMILES string of the molecule is COc1ccc(C(=O)N(Cc2ccc(OS(=O)(=O)c3ccc(F)cc3)cc2)CC(C)C)cc1. The number of nitrogens with zero attached hydrogens (tertiary/aromatic N) is 1. The van der Waals surface area contributed by atoms with Gasteiger partial charge in [0.25, 0.3) is 5.91 Å². The van der Waals surface area contributed by atoms with Crippen LogP contribution < -0.4 is 8.92 Å². The predicted molar refractivity (Wildman–Crippen MR) is 123 cm³/mol. The highest BCUT2D eigenvalue weighted by Gasteiger charge is 2.19. The summed E-state index contributed by atoms with van der Waals surface area (Å²) in [6.45, 7) is 4.98. The summed E-state index contributed by atoms with van der Waals surface area (Å²) in [7, 11) is -2.51. The molecule has 0 fully saturated rings. The zero-order valence-corrected chi connectivity index (χ0v) is 19.5. The Bertz CT molecular complexity index is 1170. The zero-order valence-electron chi connectivity index (χ0n) is 18.7. The zero-order chi connectivity index (χ0) is 24.0. The Morgan fingerprint density at radius 3 is 2.03 bits per heavy atom. The van der Waals surface area contributed by atoms with Gasteiger partial charge in [-0.25, -0.2) is 4.39 Å². The molecular weight excluding hydrogens is 445 g/mol. The van der Waals surface area contributed by atoms with Crippen molar-refractivity contribution in [3.8, 4) is 11.5 Å². The number of halogens is 1. The van der Waals surface area contributed by atoms with Crippen LogP contribution in [0.15, 0.2) is 77.7 Å². The summed E-state index contributed by atoms with van der Waals surface area (Å²) < 4.78 is 48.1. The third kappa shape index (κ3) is 6.55. The van der Waals surface area contributed by atoms with E-state index in [2.05, 4.69) is 0 Å². The average Bonchev–Trinajstić information content (AvgIpc) is 2.79. The average molecular weight is 472 g/mol. The molecule has 8 heteroatoms. The van der Waals surface area contributed by atoms with Gasteiger partial charge in [-0.05, 0) is 72.1 Å². The molecular formula is C25H26FNO5S. The molecule has 0 bridgehead atoms. The number of rotatable bonds is 9. The van der Waals surface area contributed by atoms with Gasteiger partial charge < -0.3 is 13.8 Å². The van der Waals surface area contributed by atoms with Gasteiger partial charge in [-0.1, -0.05) is 26.0 Å². The first-order valence-corrected chi connectivity index (χ1v) is 11.8. The second-order valence-electron chi connectivity index (χ2n) is 7.94. The van der Waals surface area contributed by atoms with Gasteiger partial charge in [0, 0.05) is 18.7 Å². The van der Waals surface area contributed by atoms with Crippen LogP contribution in [0.5, 0.6) is 11.5 Å². The highest BCUT2D eigenvalue weighted by atomic mass is 32.2. The van der Waals surface area contributed by atoms with Gasteiger partial charge in [0.15, 0.2) is 0 Å². The number of methoxy groups -OCH3 is 1. The molecule has 3 aromatic carbocycles. The molecule has 174 valence electrons. The number of amides is 1. The molecule has 1 amide bonds. The number of ether oxygens (including phenoxy) is 1. The fourth-order valence-electron chi connectivity index (χ4n) is 3.22. The van der Waals surface area contributed by atoms with E-state index in [4.69, 9.17) is 8.92 Å². The van der Waals surface area contributed by atoms with Crippen LogP contribution in [0, 0.1) is 11.7 Å². The van der Waals surface area contributed by atoms with Crippen molar-refractivity contribution in [1.29, 1.82) is 0 Å². The lowest BCUT2D eigenvalue weighted by Crippen LogP contribution is -2.33. The summed E-state index contributed by atoms with van der Waals surface area (Å²) in [5, 5.41) is 0. The smallest absolute Gasteiger partial charge is 0.339 e. The van der Waals surface area contributed by atoms with E-state index in [0.29, 0.717) is 24.4 Å². The van der Waals surface area contributed by atoms with E-state index in [-0.39, 0.29) is 22.5 Å². The third-order valence-corrected chi connectivity index (χ3v) is 6.08. The molecule has 0 saturated heterocycles. The maximum absolute atomic E-state index is 13.1. The number of benzene rings is 3. The van der Waals surface area contributed by atoms with Crippen LogP contribution in [0.3, 0.4) is 0 Å². The van der Waals surface area contributed by atoms with Crippen molar-refractivity contribution < 1.29 is 26.5 Å². The van der Waals surface area contributed by atoms with Crippen LogP contribution in [-0.2, 0) is 16.7 Å². The van der Waals surface area contributed by atoms with Crippen molar-refractivity contribution in [3.63, 3.8) is 0 Å². The first-order chi connectivity index (χ1) is 15.7. The van der Waals surface area contributed by atoms with Gasteiger partial charge in [-0.15, -0.1) is 0 Å². The molecule has 0 heterocycles. The monoisotopic (exact) mass is 471 g/mol. The molecule has 0 unspecified atom stereocenters. The summed E-state index contributed by atoms with van der Waals surface area (Å²) in [5.41, 5.74) is 1.38. The normalized spacial score (nSPS) is 11.3. The number of hydrogen-bond donors (Lipinski definition) is 0. The molecule has 0 N–H and O–H groups in total. The van der Waals surface area contributed by atoms with Crippen LogP contribution in [0.25, 0.3) is 0 Å². The topological polar surface area (TPSA) is 72.9 Å². The Balaban J connectivity index is 1.73. The van der Waals surface area contributed by atoms with E-state index in [0.717, 1.165) is 29.8 Å². The Hall–Kier alpha value is -3.39. The largest absolute Gasteiger partial charge is 0.497 e. The first kappa shape index (κ1) is 24.3. The summed E-state index contributed by atoms with van der Waals surface area (Å²) in [5.74, 6) is 0.419. The van der Waals surface area contributed by atoms with Gasteiger partial charge in [0.05, 0.1) is 7.11 Å². The Labute approximate surface area is 193 Å². The highest BCUT2D eigenvalue weighted by molar-refractivity contribution is 7.87. The predicted octanol–water partition coefficient (Wildman–Crippen LogP) is 4.90. The lowest BCUT2D eigenvalue weighted by molar-refractivity contribution is 0.0722. The van der Waals surface area contributed by atoms with Crippen molar-refractivity contribution in [1.82, 2.24) is 4.90 Å². The summed E-state index contributed by atoms with van der Waals surface area (Å²) >= 11 is 0. The van der Waals surface area contributed by atoms with Gasteiger partial charge in [-0.2, -0.15) is 8.42 Å². The Morgan fingerprint density at radius 2 is 1.48 bits per heavy atom. The van der Waals surface area contributed by atoms with E-state index < -0.39 is 15.9 Å². The molecule has 0 aliphatic carbocycles. The summed E-state index contributed by atoms with van der Waals surface area (Å²) in [4.78, 5) is 14.7. The van der Waals surface area contributed by atoms with E-state index in [1.807, 2.05) is 13.8 Å². The molecule has 0 aromatic heterocycles. The number of carbonyl (C=O) groups excluding carboxylic acids is 1. The van der Waals surface area contributed by atoms with Crippen LogP contribution in [0.2, 0.25) is 0 Å². The molecule has 6 nitrogen and oxygen atoms in total. The molecule has 3 rings (SSSR count). The highest BCUT2D eigenvalue weighted by Crippen LogP contribution is 2.21. The van der Waals surface area contributed by atoms with Crippen LogP contribution in [-0.4, -0.2) is 32.9 Å². The minimum atomic E-state index is -4.08. The van der Waals surface area contributed by atoms with Gasteiger partial charge in [-0.3, -0.25) is 4.79 Å². The molecule has 0 saturated carbocycles. The Morgan fingerprint density at radius 1 is 0.909 bits per heavy atom. The first-order valence-electron chi connectivity index (χ1n) is 10.4. The van der Waals surface area contributed by atoms with Crippen molar-refractivity contribution in [2.45, 2.75) is 25.3 Å². The third-order valence-electron chi connectivity index (χ3n) is 4.81. The lowest BCUT2D eigenvalue weighted by Gasteiger charge is -2.25. The molecule has 0 aliphatic rings.